The molecule has 0 spiro atoms. The summed E-state index contributed by atoms with van der Waals surface area (Å²) in [5.74, 6) is 0.884. The van der Waals surface area contributed by atoms with E-state index < -0.39 is 29.9 Å². The number of amides is 1. The van der Waals surface area contributed by atoms with Gasteiger partial charge in [0.2, 0.25) is 0 Å². The fourth-order valence-corrected chi connectivity index (χ4v) is 4.37. The summed E-state index contributed by atoms with van der Waals surface area (Å²) in [6, 6.07) is 17.2. The summed E-state index contributed by atoms with van der Waals surface area (Å²) >= 11 is 6.36. The van der Waals surface area contributed by atoms with Crippen LogP contribution in [-0.2, 0) is 10.9 Å². The van der Waals surface area contributed by atoms with Crippen LogP contribution in [0.25, 0.3) is 11.1 Å². The van der Waals surface area contributed by atoms with E-state index in [1.807, 2.05) is 0 Å². The van der Waals surface area contributed by atoms with Crippen LogP contribution in [-0.4, -0.2) is 28.8 Å². The first-order chi connectivity index (χ1) is 19.6. The van der Waals surface area contributed by atoms with Gasteiger partial charge >= 0.3 is 12.3 Å². The first kappa shape index (κ1) is 27.8. The molecule has 1 aliphatic rings. The van der Waals surface area contributed by atoms with Crippen molar-refractivity contribution >= 4 is 29.5 Å². The van der Waals surface area contributed by atoms with Crippen molar-refractivity contribution in [3.63, 3.8) is 0 Å². The van der Waals surface area contributed by atoms with E-state index in [0.717, 1.165) is 12.1 Å². The number of fused-ring (bicyclic) bond motifs is 1. The van der Waals surface area contributed by atoms with E-state index in [-0.39, 0.29) is 23.2 Å². The second-order valence-electron chi connectivity index (χ2n) is 8.92. The molecule has 0 radical (unpaired) electrons. The third-order valence-corrected chi connectivity index (χ3v) is 6.48. The van der Waals surface area contributed by atoms with Crippen molar-refractivity contribution in [2.75, 3.05) is 11.9 Å². The summed E-state index contributed by atoms with van der Waals surface area (Å²) in [6.45, 7) is 0.266. The Morgan fingerprint density at radius 1 is 1.00 bits per heavy atom. The largest absolute Gasteiger partial charge is 0.506 e. The molecule has 12 heteroatoms. The Bertz CT molecular complexity index is 1580. The molecule has 5 rings (SSSR count). The average molecular weight is 585 g/mol. The number of pyridine rings is 1. The molecule has 2 N–H and O–H groups in total. The first-order valence-electron chi connectivity index (χ1n) is 12.2. The number of benzene rings is 3. The van der Waals surface area contributed by atoms with Crippen molar-refractivity contribution < 1.29 is 42.1 Å². The smallest absolute Gasteiger partial charge is 0.493 e. The molecule has 1 aliphatic heterocycles. The zero-order valence-corrected chi connectivity index (χ0v) is 21.7. The van der Waals surface area contributed by atoms with Crippen LogP contribution in [0, 0.1) is 0 Å². The number of aromatic nitrogens is 1. The summed E-state index contributed by atoms with van der Waals surface area (Å²) in [5, 5.41) is 11.8. The van der Waals surface area contributed by atoms with Gasteiger partial charge in [0, 0.05) is 35.4 Å². The van der Waals surface area contributed by atoms with Gasteiger partial charge in [-0.25, -0.2) is 9.78 Å². The summed E-state index contributed by atoms with van der Waals surface area (Å²) in [6.07, 6.45) is -4.69. The number of alkyl halides is 3. The molecule has 1 amide bonds. The number of hydrogen-bond acceptors (Lipinski definition) is 6. The molecular formula is C29H20ClF3N2O6. The van der Waals surface area contributed by atoms with Crippen molar-refractivity contribution in [1.29, 1.82) is 0 Å². The number of anilines is 1. The van der Waals surface area contributed by atoms with Gasteiger partial charge in [-0.05, 0) is 60.2 Å². The molecule has 4 aromatic rings. The van der Waals surface area contributed by atoms with E-state index in [1.165, 1.54) is 24.4 Å². The van der Waals surface area contributed by atoms with Crippen LogP contribution in [0.4, 0.5) is 23.8 Å². The SMILES string of the molecule is O=C(O)OC1CCOc2cc(Oc3ccc(C(=O)Nc4ccc(-c5ccc(C(F)(F)F)cc5)cn4)cc3)c(Cl)cc21. The van der Waals surface area contributed by atoms with Gasteiger partial charge in [0.15, 0.2) is 0 Å². The predicted octanol–water partition coefficient (Wildman–Crippen LogP) is 7.98. The fourth-order valence-electron chi connectivity index (χ4n) is 4.16. The molecule has 0 saturated carbocycles. The third kappa shape index (κ3) is 6.52. The highest BCUT2D eigenvalue weighted by atomic mass is 35.5. The lowest BCUT2D eigenvalue weighted by Crippen LogP contribution is -2.18. The van der Waals surface area contributed by atoms with Crippen LogP contribution in [0.3, 0.4) is 0 Å². The van der Waals surface area contributed by atoms with Gasteiger partial charge in [-0.15, -0.1) is 0 Å². The molecule has 0 saturated heterocycles. The van der Waals surface area contributed by atoms with Crippen molar-refractivity contribution in [2.45, 2.75) is 18.7 Å². The highest BCUT2D eigenvalue weighted by Crippen LogP contribution is 2.42. The van der Waals surface area contributed by atoms with E-state index in [1.54, 1.807) is 42.5 Å². The Morgan fingerprint density at radius 3 is 2.34 bits per heavy atom. The molecule has 0 aliphatic carbocycles. The number of nitrogens with one attached hydrogen (secondary N) is 1. The van der Waals surface area contributed by atoms with Gasteiger partial charge in [-0.1, -0.05) is 23.7 Å². The minimum Gasteiger partial charge on any atom is -0.493 e. The normalized spacial score (nSPS) is 14.4. The lowest BCUT2D eigenvalue weighted by molar-refractivity contribution is -0.137. The second kappa shape index (κ2) is 11.4. The Kier molecular flexibility index (Phi) is 7.71. The van der Waals surface area contributed by atoms with E-state index in [2.05, 4.69) is 10.3 Å². The van der Waals surface area contributed by atoms with Crippen molar-refractivity contribution in [1.82, 2.24) is 4.98 Å². The highest BCUT2D eigenvalue weighted by Gasteiger charge is 2.30. The fraction of sp³-hybridized carbons (Fsp3) is 0.138. The summed E-state index contributed by atoms with van der Waals surface area (Å²) in [5.41, 5.74) is 1.23. The van der Waals surface area contributed by atoms with Crippen LogP contribution >= 0.6 is 11.6 Å². The number of ether oxygens (including phenoxy) is 3. The van der Waals surface area contributed by atoms with Gasteiger partial charge in [0.25, 0.3) is 5.91 Å². The van der Waals surface area contributed by atoms with Crippen LogP contribution in [0.5, 0.6) is 17.2 Å². The third-order valence-electron chi connectivity index (χ3n) is 6.19. The van der Waals surface area contributed by atoms with Gasteiger partial charge in [0.05, 0.1) is 17.2 Å². The van der Waals surface area contributed by atoms with E-state index in [4.69, 9.17) is 30.9 Å². The number of halogens is 4. The minimum absolute atomic E-state index is 0.223. The molecule has 1 unspecified atom stereocenters. The average Bonchev–Trinajstić information content (AvgIpc) is 2.94. The van der Waals surface area contributed by atoms with Crippen LogP contribution < -0.4 is 14.8 Å². The number of rotatable bonds is 6. The molecule has 1 atom stereocenters. The van der Waals surface area contributed by atoms with Crippen molar-refractivity contribution in [2.24, 2.45) is 0 Å². The quantitative estimate of drug-likeness (QED) is 0.221. The van der Waals surface area contributed by atoms with Gasteiger partial charge < -0.3 is 24.6 Å². The van der Waals surface area contributed by atoms with E-state index in [9.17, 15) is 22.8 Å². The minimum atomic E-state index is -4.41. The topological polar surface area (TPSA) is 107 Å². The van der Waals surface area contributed by atoms with Gasteiger partial charge in [0.1, 0.15) is 29.2 Å². The maximum atomic E-state index is 12.8. The molecule has 41 heavy (non-hydrogen) atoms. The Labute approximate surface area is 236 Å². The zero-order valence-electron chi connectivity index (χ0n) is 20.9. The predicted molar refractivity (Wildman–Crippen MR) is 143 cm³/mol. The molecule has 0 fully saturated rings. The standard InChI is InChI=1S/C29H20ClF3N2O6/c30-22-13-21-23(41-28(37)38)11-12-39-24(21)14-25(22)40-20-8-3-17(4-9-20)27(36)35-26-10-5-18(15-34-26)16-1-6-19(7-2-16)29(31,32)33/h1-10,13-15,23H,11-12H2,(H,37,38)(H,34,35,36). The molecule has 1 aromatic heterocycles. The molecule has 8 nitrogen and oxygen atoms in total. The van der Waals surface area contributed by atoms with Gasteiger partial charge in [-0.3, -0.25) is 4.79 Å². The maximum Gasteiger partial charge on any atom is 0.506 e. The van der Waals surface area contributed by atoms with Crippen molar-refractivity contribution in [3.05, 3.63) is 101 Å². The second-order valence-corrected chi connectivity index (χ2v) is 9.32. The van der Waals surface area contributed by atoms with E-state index >= 15 is 0 Å². The monoisotopic (exact) mass is 584 g/mol. The number of nitrogens with zero attached hydrogens (tertiary/aromatic N) is 1. The Balaban J connectivity index is 1.22. The maximum absolute atomic E-state index is 12.8. The molecule has 210 valence electrons. The van der Waals surface area contributed by atoms with Crippen LogP contribution in [0.15, 0.2) is 79.0 Å². The lowest BCUT2D eigenvalue weighted by atomic mass is 10.0. The van der Waals surface area contributed by atoms with Gasteiger partial charge in [-0.2, -0.15) is 13.2 Å². The zero-order chi connectivity index (χ0) is 29.1. The van der Waals surface area contributed by atoms with Crippen molar-refractivity contribution in [3.8, 4) is 28.4 Å². The van der Waals surface area contributed by atoms with E-state index in [0.29, 0.717) is 40.2 Å². The summed E-state index contributed by atoms with van der Waals surface area (Å²) in [7, 11) is 0. The summed E-state index contributed by atoms with van der Waals surface area (Å²) < 4.78 is 54.7. The lowest BCUT2D eigenvalue weighted by Gasteiger charge is -2.25. The number of carboxylic acid groups (broad SMARTS) is 1. The number of carbonyl (C=O) groups excluding carboxylic acids is 1. The van der Waals surface area contributed by atoms with Crippen LogP contribution in [0.1, 0.15) is 34.0 Å². The molecule has 3 aromatic carbocycles. The molecule has 0 bridgehead atoms. The highest BCUT2D eigenvalue weighted by molar-refractivity contribution is 6.32. The van der Waals surface area contributed by atoms with Crippen LogP contribution in [0.2, 0.25) is 5.02 Å². The Morgan fingerprint density at radius 2 is 1.71 bits per heavy atom. The number of carbonyl (C=O) groups is 2. The first-order valence-corrected chi connectivity index (χ1v) is 12.5. The molecule has 2 heterocycles. The number of hydrogen-bond donors (Lipinski definition) is 2. The Hall–Kier alpha value is -4.77. The summed E-state index contributed by atoms with van der Waals surface area (Å²) in [4.78, 5) is 27.9. The molecular weight excluding hydrogens is 565 g/mol.